The number of nitrogens with zero attached hydrogens (tertiary/aromatic N) is 2. The molecule has 1 aromatic heterocycles. The zero-order valence-electron chi connectivity index (χ0n) is 14.0. The lowest BCUT2D eigenvalue weighted by Crippen LogP contribution is -2.33. The molecule has 7 heteroatoms. The van der Waals surface area contributed by atoms with Gasteiger partial charge in [0.2, 0.25) is 0 Å². The third-order valence-electron chi connectivity index (χ3n) is 3.83. The normalized spacial score (nSPS) is 19.6. The van der Waals surface area contributed by atoms with Gasteiger partial charge in [-0.1, -0.05) is 12.1 Å². The van der Waals surface area contributed by atoms with Gasteiger partial charge in [0.15, 0.2) is 0 Å². The fraction of sp³-hybridized carbons (Fsp3) is 0.278. The minimum atomic E-state index is -0.432. The van der Waals surface area contributed by atoms with Crippen LogP contribution in [0.1, 0.15) is 29.9 Å². The van der Waals surface area contributed by atoms with Gasteiger partial charge >= 0.3 is 0 Å². The van der Waals surface area contributed by atoms with Crippen molar-refractivity contribution in [2.24, 2.45) is 4.99 Å². The van der Waals surface area contributed by atoms with Gasteiger partial charge in [-0.05, 0) is 59.6 Å². The Morgan fingerprint density at radius 2 is 2.12 bits per heavy atom. The third kappa shape index (κ3) is 4.66. The summed E-state index contributed by atoms with van der Waals surface area (Å²) < 4.78 is 6.45. The lowest BCUT2D eigenvalue weighted by atomic mass is 9.92. The SMILES string of the molecule is CC1=NC(C)(c2cccc(NC(=O)c3ccc(Br)cn3)c2)COC1.Cl. The number of anilines is 1. The number of benzene rings is 1. The smallest absolute Gasteiger partial charge is 0.274 e. The number of carbonyl (C=O) groups is 1. The molecule has 0 saturated carbocycles. The average Bonchev–Trinajstić information content (AvgIpc) is 2.55. The maximum absolute atomic E-state index is 12.3. The number of ether oxygens (including phenoxy) is 1. The Labute approximate surface area is 161 Å². The van der Waals surface area contributed by atoms with Crippen molar-refractivity contribution >= 4 is 45.6 Å². The molecule has 25 heavy (non-hydrogen) atoms. The summed E-state index contributed by atoms with van der Waals surface area (Å²) in [5.41, 5.74) is 2.62. The maximum atomic E-state index is 12.3. The highest BCUT2D eigenvalue weighted by atomic mass is 79.9. The Kier molecular flexibility index (Phi) is 6.32. The van der Waals surface area contributed by atoms with E-state index in [1.54, 1.807) is 18.3 Å². The van der Waals surface area contributed by atoms with E-state index in [1.807, 2.05) is 38.1 Å². The molecule has 2 aromatic rings. The third-order valence-corrected chi connectivity index (χ3v) is 4.30. The summed E-state index contributed by atoms with van der Waals surface area (Å²) in [5, 5.41) is 2.88. The van der Waals surface area contributed by atoms with Gasteiger partial charge in [0.1, 0.15) is 11.2 Å². The molecule has 1 aromatic carbocycles. The van der Waals surface area contributed by atoms with Gasteiger partial charge in [0.25, 0.3) is 5.91 Å². The molecule has 132 valence electrons. The summed E-state index contributed by atoms with van der Waals surface area (Å²) in [6.45, 7) is 5.09. The van der Waals surface area contributed by atoms with Crippen LogP contribution in [0.2, 0.25) is 0 Å². The summed E-state index contributed by atoms with van der Waals surface area (Å²) in [6, 6.07) is 11.2. The summed E-state index contributed by atoms with van der Waals surface area (Å²) >= 11 is 3.31. The van der Waals surface area contributed by atoms with Crippen molar-refractivity contribution < 1.29 is 9.53 Å². The molecular weight excluding hydrogens is 406 g/mol. The Morgan fingerprint density at radius 3 is 2.80 bits per heavy atom. The maximum Gasteiger partial charge on any atom is 0.274 e. The topological polar surface area (TPSA) is 63.6 Å². The zero-order valence-corrected chi connectivity index (χ0v) is 16.4. The molecule has 0 radical (unpaired) electrons. The Morgan fingerprint density at radius 1 is 1.32 bits per heavy atom. The van der Waals surface area contributed by atoms with E-state index in [2.05, 4.69) is 26.2 Å². The van der Waals surface area contributed by atoms with Gasteiger partial charge in [-0.3, -0.25) is 9.79 Å². The predicted molar refractivity (Wildman–Crippen MR) is 105 cm³/mol. The van der Waals surface area contributed by atoms with E-state index < -0.39 is 5.54 Å². The zero-order chi connectivity index (χ0) is 17.2. The average molecular weight is 425 g/mol. The minimum Gasteiger partial charge on any atom is -0.373 e. The second-order valence-corrected chi connectivity index (χ2v) is 6.93. The molecule has 1 atom stereocenters. The van der Waals surface area contributed by atoms with Crippen LogP contribution < -0.4 is 5.32 Å². The molecule has 0 aliphatic carbocycles. The molecule has 0 saturated heterocycles. The molecule has 3 rings (SSSR count). The van der Waals surface area contributed by atoms with Crippen LogP contribution in [0.15, 0.2) is 52.1 Å². The number of aliphatic imine (C=N–C) groups is 1. The van der Waals surface area contributed by atoms with Crippen molar-refractivity contribution in [3.05, 3.63) is 58.3 Å². The fourth-order valence-electron chi connectivity index (χ4n) is 2.67. The highest BCUT2D eigenvalue weighted by Gasteiger charge is 2.29. The van der Waals surface area contributed by atoms with Gasteiger partial charge < -0.3 is 10.1 Å². The predicted octanol–water partition coefficient (Wildman–Crippen LogP) is 4.22. The van der Waals surface area contributed by atoms with Crippen LogP contribution in [0.25, 0.3) is 0 Å². The number of halogens is 2. The molecule has 2 heterocycles. The molecule has 1 amide bonds. The van der Waals surface area contributed by atoms with E-state index in [9.17, 15) is 4.79 Å². The van der Waals surface area contributed by atoms with E-state index in [1.165, 1.54) is 0 Å². The highest BCUT2D eigenvalue weighted by Crippen LogP contribution is 2.30. The highest BCUT2D eigenvalue weighted by molar-refractivity contribution is 9.10. The molecule has 1 N–H and O–H groups in total. The van der Waals surface area contributed by atoms with Crippen molar-refractivity contribution in [3.8, 4) is 0 Å². The summed E-state index contributed by atoms with van der Waals surface area (Å²) in [4.78, 5) is 21.1. The van der Waals surface area contributed by atoms with Crippen LogP contribution in [0.5, 0.6) is 0 Å². The van der Waals surface area contributed by atoms with Crippen LogP contribution in [0.3, 0.4) is 0 Å². The minimum absolute atomic E-state index is 0. The van der Waals surface area contributed by atoms with Crippen molar-refractivity contribution in [2.45, 2.75) is 19.4 Å². The van der Waals surface area contributed by atoms with Crippen molar-refractivity contribution in [1.29, 1.82) is 0 Å². The summed E-state index contributed by atoms with van der Waals surface area (Å²) in [5.74, 6) is -0.246. The van der Waals surface area contributed by atoms with E-state index in [4.69, 9.17) is 9.73 Å². The largest absolute Gasteiger partial charge is 0.373 e. The van der Waals surface area contributed by atoms with Gasteiger partial charge in [0, 0.05) is 22.1 Å². The van der Waals surface area contributed by atoms with E-state index in [0.29, 0.717) is 24.6 Å². The van der Waals surface area contributed by atoms with Gasteiger partial charge in [-0.2, -0.15) is 0 Å². The number of hydrogen-bond acceptors (Lipinski definition) is 4. The van der Waals surface area contributed by atoms with E-state index in [-0.39, 0.29) is 18.3 Å². The molecule has 1 aliphatic rings. The Bertz CT molecular complexity index is 795. The second-order valence-electron chi connectivity index (χ2n) is 6.01. The van der Waals surface area contributed by atoms with E-state index >= 15 is 0 Å². The molecule has 5 nitrogen and oxygen atoms in total. The van der Waals surface area contributed by atoms with Gasteiger partial charge in [0.05, 0.1) is 13.2 Å². The molecule has 1 aliphatic heterocycles. The first-order valence-electron chi connectivity index (χ1n) is 7.63. The van der Waals surface area contributed by atoms with Crippen LogP contribution >= 0.6 is 28.3 Å². The first kappa shape index (κ1) is 19.6. The van der Waals surface area contributed by atoms with Crippen molar-refractivity contribution in [2.75, 3.05) is 18.5 Å². The molecule has 0 spiro atoms. The van der Waals surface area contributed by atoms with Crippen LogP contribution in [0.4, 0.5) is 5.69 Å². The molecule has 0 bridgehead atoms. The standard InChI is InChI=1S/C18H18BrN3O2.ClH/c1-12-10-24-11-18(2,22-12)13-4-3-5-15(8-13)21-17(23)16-7-6-14(19)9-20-16;/h3-9H,10-11H2,1-2H3,(H,21,23);1H. The number of carbonyl (C=O) groups excluding carboxylic acids is 1. The Hall–Kier alpha value is -1.76. The number of hydrogen-bond donors (Lipinski definition) is 1. The first-order chi connectivity index (χ1) is 11.5. The van der Waals surface area contributed by atoms with Crippen LogP contribution in [-0.2, 0) is 10.3 Å². The summed E-state index contributed by atoms with van der Waals surface area (Å²) in [6.07, 6.45) is 1.60. The first-order valence-corrected chi connectivity index (χ1v) is 8.42. The quantitative estimate of drug-likeness (QED) is 0.802. The van der Waals surface area contributed by atoms with E-state index in [0.717, 1.165) is 15.7 Å². The number of nitrogens with one attached hydrogen (secondary N) is 1. The van der Waals surface area contributed by atoms with Crippen molar-refractivity contribution in [3.63, 3.8) is 0 Å². The van der Waals surface area contributed by atoms with Crippen LogP contribution in [-0.4, -0.2) is 29.8 Å². The van der Waals surface area contributed by atoms with Crippen molar-refractivity contribution in [1.82, 2.24) is 4.98 Å². The number of rotatable bonds is 3. The number of amides is 1. The fourth-order valence-corrected chi connectivity index (χ4v) is 2.90. The summed E-state index contributed by atoms with van der Waals surface area (Å²) in [7, 11) is 0. The molecule has 0 fully saturated rings. The molecule has 1 unspecified atom stereocenters. The lowest BCUT2D eigenvalue weighted by molar-refractivity contribution is 0.102. The molecular formula is C18H19BrClN3O2. The van der Waals surface area contributed by atoms with Gasteiger partial charge in [-0.15, -0.1) is 12.4 Å². The lowest BCUT2D eigenvalue weighted by Gasteiger charge is -2.30. The van der Waals surface area contributed by atoms with Crippen LogP contribution in [0, 0.1) is 0 Å². The van der Waals surface area contributed by atoms with Gasteiger partial charge in [-0.25, -0.2) is 4.98 Å². The number of pyridine rings is 1. The number of aromatic nitrogens is 1. The monoisotopic (exact) mass is 423 g/mol. The second kappa shape index (κ2) is 8.08. The Balaban J connectivity index is 0.00000225.